The molecule has 6 heteroatoms. The third kappa shape index (κ3) is 7.21. The number of fused-ring (bicyclic) bond motifs is 1. The standard InChI is InChI=1S/C28H44N2O4/c1-3-4-5-9-16-30-26-21-24(14-15-25(26)22(2)20-28(30)33)34-19-10-13-27(32)29(17-18-31)23-11-7-6-8-12-23/h14-15,21-23,31H,3-13,16-20H2,1-2H3. The van der Waals surface area contributed by atoms with Crippen molar-refractivity contribution in [1.82, 2.24) is 4.90 Å². The molecular formula is C28H44N2O4. The van der Waals surface area contributed by atoms with Gasteiger partial charge in [-0.3, -0.25) is 9.59 Å². The second kappa shape index (κ2) is 13.7. The molecule has 1 N–H and O–H groups in total. The van der Waals surface area contributed by atoms with Gasteiger partial charge in [-0.2, -0.15) is 0 Å². The Morgan fingerprint density at radius 3 is 2.68 bits per heavy atom. The van der Waals surface area contributed by atoms with Gasteiger partial charge in [0.05, 0.1) is 18.9 Å². The van der Waals surface area contributed by atoms with Gasteiger partial charge in [-0.1, -0.05) is 58.4 Å². The summed E-state index contributed by atoms with van der Waals surface area (Å²) < 4.78 is 6.01. The van der Waals surface area contributed by atoms with Crippen molar-refractivity contribution in [2.75, 3.05) is 31.2 Å². The van der Waals surface area contributed by atoms with Crippen LogP contribution in [0.5, 0.6) is 5.75 Å². The number of rotatable bonds is 13. The molecule has 0 saturated heterocycles. The van der Waals surface area contributed by atoms with Crippen molar-refractivity contribution in [2.24, 2.45) is 0 Å². The molecule has 0 radical (unpaired) electrons. The lowest BCUT2D eigenvalue weighted by Crippen LogP contribution is -2.43. The molecule has 2 aliphatic rings. The van der Waals surface area contributed by atoms with Crippen molar-refractivity contribution in [3.8, 4) is 5.75 Å². The number of nitrogens with zero attached hydrogens (tertiary/aromatic N) is 2. The van der Waals surface area contributed by atoms with Crippen molar-refractivity contribution in [3.63, 3.8) is 0 Å². The smallest absolute Gasteiger partial charge is 0.227 e. The Balaban J connectivity index is 1.54. The van der Waals surface area contributed by atoms with Crippen LogP contribution in [-0.4, -0.2) is 54.2 Å². The predicted octanol–water partition coefficient (Wildman–Crippen LogP) is 5.42. The number of benzene rings is 1. The first-order valence-corrected chi connectivity index (χ1v) is 13.5. The zero-order valence-electron chi connectivity index (χ0n) is 21.3. The Morgan fingerprint density at radius 1 is 1.15 bits per heavy atom. The minimum absolute atomic E-state index is 0.0138. The van der Waals surface area contributed by atoms with Gasteiger partial charge in [0, 0.05) is 38.0 Å². The van der Waals surface area contributed by atoms with E-state index in [-0.39, 0.29) is 30.4 Å². The molecule has 34 heavy (non-hydrogen) atoms. The third-order valence-electron chi connectivity index (χ3n) is 7.32. The van der Waals surface area contributed by atoms with Crippen molar-refractivity contribution < 1.29 is 19.4 Å². The maximum atomic E-state index is 12.8. The van der Waals surface area contributed by atoms with Crippen LogP contribution in [0.1, 0.15) is 102 Å². The summed E-state index contributed by atoms with van der Waals surface area (Å²) >= 11 is 0. The third-order valence-corrected chi connectivity index (χ3v) is 7.32. The zero-order valence-corrected chi connectivity index (χ0v) is 21.3. The second-order valence-corrected chi connectivity index (χ2v) is 9.99. The Bertz CT molecular complexity index is 791. The molecule has 1 aliphatic heterocycles. The molecule has 0 aromatic heterocycles. The van der Waals surface area contributed by atoms with Crippen LogP contribution >= 0.6 is 0 Å². The lowest BCUT2D eigenvalue weighted by Gasteiger charge is -2.34. The van der Waals surface area contributed by atoms with Gasteiger partial charge in [-0.15, -0.1) is 0 Å². The van der Waals surface area contributed by atoms with Crippen LogP contribution in [0, 0.1) is 0 Å². The Labute approximate surface area is 205 Å². The largest absolute Gasteiger partial charge is 0.494 e. The number of aliphatic hydroxyl groups is 1. The first-order valence-electron chi connectivity index (χ1n) is 13.5. The van der Waals surface area contributed by atoms with Gasteiger partial charge in [0.1, 0.15) is 5.75 Å². The molecular weight excluding hydrogens is 428 g/mol. The lowest BCUT2D eigenvalue weighted by molar-refractivity contribution is -0.135. The fourth-order valence-electron chi connectivity index (χ4n) is 5.39. The van der Waals surface area contributed by atoms with E-state index < -0.39 is 0 Å². The fraction of sp³-hybridized carbons (Fsp3) is 0.714. The summed E-state index contributed by atoms with van der Waals surface area (Å²) in [5.41, 5.74) is 2.20. The van der Waals surface area contributed by atoms with Gasteiger partial charge in [-0.05, 0) is 43.2 Å². The first kappa shape index (κ1) is 26.5. The lowest BCUT2D eigenvalue weighted by atomic mass is 9.90. The highest BCUT2D eigenvalue weighted by Gasteiger charge is 2.29. The molecule has 1 aromatic carbocycles. The van der Waals surface area contributed by atoms with Gasteiger partial charge in [0.25, 0.3) is 0 Å². The van der Waals surface area contributed by atoms with E-state index in [1.54, 1.807) is 0 Å². The molecule has 6 nitrogen and oxygen atoms in total. The van der Waals surface area contributed by atoms with Crippen LogP contribution in [0.4, 0.5) is 5.69 Å². The predicted molar refractivity (Wildman–Crippen MR) is 136 cm³/mol. The average molecular weight is 473 g/mol. The van der Waals surface area contributed by atoms with Crippen LogP contribution in [0.15, 0.2) is 18.2 Å². The number of aliphatic hydroxyl groups excluding tert-OH is 1. The maximum absolute atomic E-state index is 12.8. The van der Waals surface area contributed by atoms with Crippen LogP contribution < -0.4 is 9.64 Å². The highest BCUT2D eigenvalue weighted by Crippen LogP contribution is 2.38. The second-order valence-electron chi connectivity index (χ2n) is 9.99. The Hall–Kier alpha value is -2.08. The molecule has 0 spiro atoms. The SMILES string of the molecule is CCCCCCN1C(=O)CC(C)c2ccc(OCCCC(=O)N(CCO)C3CCCCC3)cc21. The minimum Gasteiger partial charge on any atom is -0.494 e. The van der Waals surface area contributed by atoms with Crippen molar-refractivity contribution >= 4 is 17.5 Å². The molecule has 1 aliphatic carbocycles. The molecule has 0 bridgehead atoms. The maximum Gasteiger partial charge on any atom is 0.227 e. The normalized spacial score (nSPS) is 18.6. The quantitative estimate of drug-likeness (QED) is 0.389. The minimum atomic E-state index is 0.0138. The van der Waals surface area contributed by atoms with Crippen LogP contribution in [-0.2, 0) is 9.59 Å². The zero-order chi connectivity index (χ0) is 24.3. The van der Waals surface area contributed by atoms with E-state index in [4.69, 9.17) is 4.74 Å². The number of ether oxygens (including phenoxy) is 1. The highest BCUT2D eigenvalue weighted by atomic mass is 16.5. The van der Waals surface area contributed by atoms with Gasteiger partial charge in [0.2, 0.25) is 11.8 Å². The molecule has 1 atom stereocenters. The highest BCUT2D eigenvalue weighted by molar-refractivity contribution is 5.97. The van der Waals surface area contributed by atoms with Gasteiger partial charge in [0.15, 0.2) is 0 Å². The van der Waals surface area contributed by atoms with E-state index in [1.165, 1.54) is 24.8 Å². The molecule has 1 unspecified atom stereocenters. The summed E-state index contributed by atoms with van der Waals surface area (Å²) in [4.78, 5) is 29.4. The van der Waals surface area contributed by atoms with Crippen LogP contribution in [0.3, 0.4) is 0 Å². The van der Waals surface area contributed by atoms with Gasteiger partial charge < -0.3 is 19.6 Å². The molecule has 1 aromatic rings. The van der Waals surface area contributed by atoms with E-state index in [1.807, 2.05) is 21.9 Å². The van der Waals surface area contributed by atoms with E-state index in [9.17, 15) is 14.7 Å². The van der Waals surface area contributed by atoms with Crippen LogP contribution in [0.25, 0.3) is 0 Å². The topological polar surface area (TPSA) is 70.1 Å². The number of carbonyl (C=O) groups is 2. The number of anilines is 1. The average Bonchev–Trinajstić information content (AvgIpc) is 2.85. The van der Waals surface area contributed by atoms with Gasteiger partial charge >= 0.3 is 0 Å². The van der Waals surface area contributed by atoms with E-state index >= 15 is 0 Å². The van der Waals surface area contributed by atoms with Crippen molar-refractivity contribution in [1.29, 1.82) is 0 Å². The molecule has 190 valence electrons. The molecule has 1 fully saturated rings. The Kier molecular flexibility index (Phi) is 10.7. The molecule has 3 rings (SSSR count). The summed E-state index contributed by atoms with van der Waals surface area (Å²) in [6.45, 7) is 5.97. The first-order chi connectivity index (χ1) is 16.5. The number of amides is 2. The summed E-state index contributed by atoms with van der Waals surface area (Å²) in [5, 5.41) is 9.43. The molecule has 1 saturated carbocycles. The number of hydrogen-bond acceptors (Lipinski definition) is 4. The van der Waals surface area contributed by atoms with Crippen molar-refractivity contribution in [3.05, 3.63) is 23.8 Å². The number of unbranched alkanes of at least 4 members (excludes halogenated alkanes) is 3. The Morgan fingerprint density at radius 2 is 1.94 bits per heavy atom. The summed E-state index contributed by atoms with van der Waals surface area (Å²) in [6.07, 6.45) is 11.8. The number of hydrogen-bond donors (Lipinski definition) is 1. The monoisotopic (exact) mass is 472 g/mol. The van der Waals surface area contributed by atoms with Crippen LogP contribution in [0.2, 0.25) is 0 Å². The van der Waals surface area contributed by atoms with E-state index in [2.05, 4.69) is 19.9 Å². The van der Waals surface area contributed by atoms with E-state index in [0.29, 0.717) is 32.4 Å². The number of carbonyl (C=O) groups excluding carboxylic acids is 2. The van der Waals surface area contributed by atoms with Crippen molar-refractivity contribution in [2.45, 2.75) is 103 Å². The summed E-state index contributed by atoms with van der Waals surface area (Å²) in [7, 11) is 0. The van der Waals surface area contributed by atoms with E-state index in [0.717, 1.165) is 56.5 Å². The van der Waals surface area contributed by atoms with Gasteiger partial charge in [-0.25, -0.2) is 0 Å². The summed E-state index contributed by atoms with van der Waals surface area (Å²) in [5.74, 6) is 1.29. The molecule has 1 heterocycles. The molecule has 2 amide bonds. The fourth-order valence-corrected chi connectivity index (χ4v) is 5.39. The summed E-state index contributed by atoms with van der Waals surface area (Å²) in [6, 6.07) is 6.36.